The van der Waals surface area contributed by atoms with E-state index in [1.165, 1.54) is 5.56 Å². The number of hydrogen-bond donors (Lipinski definition) is 3. The number of H-pyrrole nitrogens is 1. The Morgan fingerprint density at radius 2 is 2.00 bits per heavy atom. The number of benzene rings is 2. The van der Waals surface area contributed by atoms with Crippen molar-refractivity contribution in [2.45, 2.75) is 13.5 Å². The van der Waals surface area contributed by atoms with Gasteiger partial charge in [-0.15, -0.1) is 0 Å². The molecule has 29 heavy (non-hydrogen) atoms. The van der Waals surface area contributed by atoms with Crippen molar-refractivity contribution in [2.24, 2.45) is 10.8 Å². The molecule has 1 aromatic heterocycles. The number of nitrogens with two attached hydrogens (primary N) is 1. The van der Waals surface area contributed by atoms with Gasteiger partial charge in [0.1, 0.15) is 5.69 Å². The maximum atomic E-state index is 6.36. The Morgan fingerprint density at radius 1 is 1.24 bits per heavy atom. The minimum Gasteiger partial charge on any atom is -0.396 e. The van der Waals surface area contributed by atoms with Crippen LogP contribution in [0.5, 0.6) is 0 Å². The van der Waals surface area contributed by atoms with Crippen molar-refractivity contribution in [3.8, 4) is 0 Å². The first-order valence-electron chi connectivity index (χ1n) is 9.84. The lowest BCUT2D eigenvalue weighted by molar-refractivity contribution is 0.233. The predicted octanol–water partition coefficient (Wildman–Crippen LogP) is 2.66. The lowest BCUT2D eigenvalue weighted by atomic mass is 10.1. The lowest BCUT2D eigenvalue weighted by Crippen LogP contribution is -2.42. The maximum absolute atomic E-state index is 6.36. The molecule has 2 aromatic carbocycles. The average Bonchev–Trinajstić information content (AvgIpc) is 3.16. The van der Waals surface area contributed by atoms with E-state index in [2.05, 4.69) is 57.4 Å². The van der Waals surface area contributed by atoms with Crippen molar-refractivity contribution >= 4 is 29.0 Å². The Labute approximate surface area is 170 Å². The Hall–Kier alpha value is -3.16. The Bertz CT molecular complexity index is 1010. The number of hydrogen-bond acceptors (Lipinski definition) is 6. The smallest absolute Gasteiger partial charge is 0.117 e. The van der Waals surface area contributed by atoms with Crippen LogP contribution in [0.4, 0.5) is 5.69 Å². The molecule has 150 valence electrons. The molecule has 0 radical (unpaired) electrons. The molecular weight excluding hydrogens is 362 g/mol. The van der Waals surface area contributed by atoms with Crippen LogP contribution in [0, 0.1) is 6.92 Å². The van der Waals surface area contributed by atoms with Gasteiger partial charge in [-0.05, 0) is 36.8 Å². The van der Waals surface area contributed by atoms with E-state index in [-0.39, 0.29) is 0 Å². The summed E-state index contributed by atoms with van der Waals surface area (Å²) in [7, 11) is 0. The largest absolute Gasteiger partial charge is 0.396 e. The van der Waals surface area contributed by atoms with Crippen molar-refractivity contribution in [1.82, 2.24) is 20.4 Å². The highest BCUT2D eigenvalue weighted by Crippen LogP contribution is 2.23. The van der Waals surface area contributed by atoms with Crippen LogP contribution in [-0.2, 0) is 6.54 Å². The van der Waals surface area contributed by atoms with E-state index in [4.69, 9.17) is 5.73 Å². The van der Waals surface area contributed by atoms with Gasteiger partial charge in [0, 0.05) is 44.8 Å². The molecule has 2 heterocycles. The molecule has 0 atom stereocenters. The highest BCUT2D eigenvalue weighted by atomic mass is 15.4. The van der Waals surface area contributed by atoms with Crippen LogP contribution >= 0.6 is 0 Å². The summed E-state index contributed by atoms with van der Waals surface area (Å²) in [5, 5.41) is 17.6. The van der Waals surface area contributed by atoms with E-state index in [1.54, 1.807) is 11.2 Å². The van der Waals surface area contributed by atoms with Gasteiger partial charge in [0.2, 0.25) is 0 Å². The van der Waals surface area contributed by atoms with Crippen LogP contribution in [-0.4, -0.2) is 48.0 Å². The molecule has 3 aromatic rings. The minimum atomic E-state index is 0.527. The molecule has 0 bridgehead atoms. The fourth-order valence-corrected chi connectivity index (χ4v) is 3.62. The van der Waals surface area contributed by atoms with Crippen LogP contribution in [0.1, 0.15) is 16.8 Å². The highest BCUT2D eigenvalue weighted by Gasteiger charge is 2.12. The Balaban J connectivity index is 1.53. The highest BCUT2D eigenvalue weighted by molar-refractivity contribution is 5.90. The van der Waals surface area contributed by atoms with Crippen LogP contribution in [0.2, 0.25) is 0 Å². The zero-order valence-corrected chi connectivity index (χ0v) is 16.7. The molecule has 1 aliphatic rings. The molecule has 4 rings (SSSR count). The maximum Gasteiger partial charge on any atom is 0.117 e. The van der Waals surface area contributed by atoms with Gasteiger partial charge in [0.15, 0.2) is 0 Å². The number of fused-ring (bicyclic) bond motifs is 1. The molecule has 4 N–H and O–H groups in total. The summed E-state index contributed by atoms with van der Waals surface area (Å²) in [6.07, 6.45) is 1.76. The number of aromatic amines is 1. The number of nitrogens with zero attached hydrogens (tertiary/aromatic N) is 4. The first-order valence-corrected chi connectivity index (χ1v) is 9.84. The van der Waals surface area contributed by atoms with Crippen molar-refractivity contribution in [3.63, 3.8) is 0 Å². The third kappa shape index (κ3) is 4.31. The average molecular weight is 390 g/mol. The molecule has 0 amide bonds. The third-order valence-electron chi connectivity index (χ3n) is 5.22. The number of hydrazone groups is 1. The monoisotopic (exact) mass is 389 g/mol. The summed E-state index contributed by atoms with van der Waals surface area (Å²) in [4.78, 5) is 2.46. The number of nitrogens with one attached hydrogen (secondary N) is 2. The summed E-state index contributed by atoms with van der Waals surface area (Å²) >= 11 is 0. The van der Waals surface area contributed by atoms with Gasteiger partial charge in [-0.25, -0.2) is 5.01 Å². The second-order valence-electron chi connectivity index (χ2n) is 7.38. The van der Waals surface area contributed by atoms with E-state index in [0.29, 0.717) is 11.4 Å². The number of anilines is 1. The second kappa shape index (κ2) is 8.46. The first kappa shape index (κ1) is 19.2. The molecule has 1 saturated heterocycles. The van der Waals surface area contributed by atoms with E-state index in [0.717, 1.165) is 54.9 Å². The van der Waals surface area contributed by atoms with Gasteiger partial charge in [0.05, 0.1) is 23.1 Å². The van der Waals surface area contributed by atoms with E-state index in [1.807, 2.05) is 24.3 Å². The number of piperazine rings is 1. The van der Waals surface area contributed by atoms with E-state index in [9.17, 15) is 0 Å². The molecule has 0 spiro atoms. The van der Waals surface area contributed by atoms with Gasteiger partial charge in [0.25, 0.3) is 0 Å². The molecule has 7 heteroatoms. The van der Waals surface area contributed by atoms with Gasteiger partial charge < -0.3 is 11.1 Å². The van der Waals surface area contributed by atoms with Gasteiger partial charge in [-0.1, -0.05) is 23.8 Å². The van der Waals surface area contributed by atoms with Crippen molar-refractivity contribution < 1.29 is 0 Å². The molecule has 0 unspecified atom stereocenters. The Kier molecular flexibility index (Phi) is 5.59. The fourth-order valence-electron chi connectivity index (χ4n) is 3.62. The Morgan fingerprint density at radius 3 is 2.72 bits per heavy atom. The number of aryl methyl sites for hydroxylation is 1. The summed E-state index contributed by atoms with van der Waals surface area (Å²) in [5.41, 5.74) is 11.9. The standard InChI is InChI=1S/C22H27N7/c1-16-3-8-21-19(13-16)22(27-26-21)20(23)15-29(24-2)18-6-4-17(5-7-18)14-28-11-9-25-10-12-28/h3-8,13,15,25H,2,9-12,14,23H2,1H3,(H,26,27)/b20-15-. The summed E-state index contributed by atoms with van der Waals surface area (Å²) in [6, 6.07) is 14.5. The summed E-state index contributed by atoms with van der Waals surface area (Å²) in [5.74, 6) is 0. The van der Waals surface area contributed by atoms with Crippen LogP contribution < -0.4 is 16.1 Å². The van der Waals surface area contributed by atoms with Crippen LogP contribution in [0.15, 0.2) is 53.8 Å². The summed E-state index contributed by atoms with van der Waals surface area (Å²) < 4.78 is 0. The molecule has 7 nitrogen and oxygen atoms in total. The number of rotatable bonds is 6. The number of aromatic nitrogens is 2. The SMILES string of the molecule is C=NN(/C=C(\N)c1n[nH]c2ccc(C)cc12)c1ccc(CN2CCNCC2)cc1. The normalized spacial score (nSPS) is 15.6. The fraction of sp³-hybridized carbons (Fsp3) is 0.273. The van der Waals surface area contributed by atoms with E-state index < -0.39 is 0 Å². The molecule has 1 aliphatic heterocycles. The van der Waals surface area contributed by atoms with Gasteiger partial charge in [-0.2, -0.15) is 10.2 Å². The molecule has 0 aliphatic carbocycles. The predicted molar refractivity (Wildman–Crippen MR) is 120 cm³/mol. The zero-order valence-electron chi connectivity index (χ0n) is 16.7. The van der Waals surface area contributed by atoms with Gasteiger partial charge in [-0.3, -0.25) is 10.00 Å². The molecular formula is C22H27N7. The lowest BCUT2D eigenvalue weighted by Gasteiger charge is -2.27. The topological polar surface area (TPSA) is 85.6 Å². The molecule has 0 saturated carbocycles. The van der Waals surface area contributed by atoms with E-state index >= 15 is 0 Å². The zero-order chi connectivity index (χ0) is 20.2. The van der Waals surface area contributed by atoms with Crippen molar-refractivity contribution in [1.29, 1.82) is 0 Å². The van der Waals surface area contributed by atoms with Crippen molar-refractivity contribution in [2.75, 3.05) is 31.2 Å². The quantitative estimate of drug-likeness (QED) is 0.446. The third-order valence-corrected chi connectivity index (χ3v) is 5.22. The second-order valence-corrected chi connectivity index (χ2v) is 7.38. The van der Waals surface area contributed by atoms with Crippen molar-refractivity contribution in [3.05, 3.63) is 65.5 Å². The van der Waals surface area contributed by atoms with Crippen LogP contribution in [0.25, 0.3) is 16.6 Å². The van der Waals surface area contributed by atoms with Gasteiger partial charge >= 0.3 is 0 Å². The first-order chi connectivity index (χ1) is 14.1. The summed E-state index contributed by atoms with van der Waals surface area (Å²) in [6.45, 7) is 11.0. The molecule has 1 fully saturated rings. The minimum absolute atomic E-state index is 0.527. The van der Waals surface area contributed by atoms with Crippen LogP contribution in [0.3, 0.4) is 0 Å².